The van der Waals surface area contributed by atoms with Gasteiger partial charge in [0, 0.05) is 11.3 Å². The largest absolute Gasteiger partial charge is 0.416 e. The molecule has 1 atom stereocenters. The quantitative estimate of drug-likeness (QED) is 0.436. The van der Waals surface area contributed by atoms with Crippen LogP contribution >= 0.6 is 24.0 Å². The molecule has 3 heterocycles. The first kappa shape index (κ1) is 26.4. The average molecular weight is 582 g/mol. The lowest BCUT2D eigenvalue weighted by Crippen LogP contribution is -2.39. The molecule has 8 nitrogen and oxygen atoms in total. The van der Waals surface area contributed by atoms with Gasteiger partial charge in [-0.1, -0.05) is 48.2 Å². The van der Waals surface area contributed by atoms with Gasteiger partial charge < -0.3 is 5.32 Å². The van der Waals surface area contributed by atoms with Crippen molar-refractivity contribution in [3.63, 3.8) is 0 Å². The van der Waals surface area contributed by atoms with Crippen molar-refractivity contribution >= 4 is 72.8 Å². The minimum atomic E-state index is -4.59. The summed E-state index contributed by atoms with van der Waals surface area (Å²) in [5.41, 5.74) is -0.243. The van der Waals surface area contributed by atoms with E-state index in [-0.39, 0.29) is 38.4 Å². The first-order valence-electron chi connectivity index (χ1n) is 11.2. The molecule has 0 aromatic heterocycles. The van der Waals surface area contributed by atoms with Crippen LogP contribution in [-0.4, -0.2) is 59.5 Å². The number of rotatable bonds is 4. The van der Waals surface area contributed by atoms with Gasteiger partial charge >= 0.3 is 6.18 Å². The van der Waals surface area contributed by atoms with Crippen LogP contribution in [0.5, 0.6) is 0 Å². The molecule has 3 aliphatic rings. The van der Waals surface area contributed by atoms with E-state index in [9.17, 15) is 36.0 Å². The van der Waals surface area contributed by atoms with Crippen molar-refractivity contribution in [3.8, 4) is 0 Å². The highest BCUT2D eigenvalue weighted by molar-refractivity contribution is 8.26. The molecule has 38 heavy (non-hydrogen) atoms. The summed E-state index contributed by atoms with van der Waals surface area (Å²) in [5, 5.41) is 2.38. The highest BCUT2D eigenvalue weighted by Gasteiger charge is 2.46. The van der Waals surface area contributed by atoms with Gasteiger partial charge in [-0.25, -0.2) is 8.42 Å². The summed E-state index contributed by atoms with van der Waals surface area (Å²) in [6.45, 7) is -0.517. The topological polar surface area (TPSA) is 104 Å². The number of amides is 3. The minimum absolute atomic E-state index is 0.0353. The number of hydrogen-bond acceptors (Lipinski definition) is 7. The number of para-hydroxylation sites is 1. The molecular formula is C24H18F3N3O5S3. The van der Waals surface area contributed by atoms with Crippen LogP contribution in [0.4, 0.5) is 24.5 Å². The normalized spacial score (nSPS) is 22.8. The summed E-state index contributed by atoms with van der Waals surface area (Å²) in [5.74, 6) is -2.23. The van der Waals surface area contributed by atoms with Crippen LogP contribution in [0.15, 0.2) is 53.4 Å². The van der Waals surface area contributed by atoms with Gasteiger partial charge in [0.05, 0.1) is 39.3 Å². The number of hydrogen-bond donors (Lipinski definition) is 1. The number of nitrogens with one attached hydrogen (secondary N) is 1. The predicted molar refractivity (Wildman–Crippen MR) is 140 cm³/mol. The number of carbonyl (C=O) groups excluding carboxylic acids is 3. The Bertz CT molecular complexity index is 1540. The Kier molecular flexibility index (Phi) is 6.60. The Morgan fingerprint density at radius 2 is 1.84 bits per heavy atom. The second-order valence-corrected chi connectivity index (χ2v) is 12.7. The fraction of sp³-hybridized carbons (Fsp3) is 0.250. The number of anilines is 2. The summed E-state index contributed by atoms with van der Waals surface area (Å²) in [7, 11) is -3.30. The predicted octanol–water partition coefficient (Wildman–Crippen LogP) is 3.45. The number of sulfone groups is 1. The van der Waals surface area contributed by atoms with Crippen LogP contribution in [0.3, 0.4) is 0 Å². The van der Waals surface area contributed by atoms with Gasteiger partial charge in [0.15, 0.2) is 9.84 Å². The Balaban J connectivity index is 1.42. The maximum absolute atomic E-state index is 13.5. The van der Waals surface area contributed by atoms with Gasteiger partial charge in [0.2, 0.25) is 5.91 Å². The number of fused-ring (bicyclic) bond motifs is 1. The molecule has 3 aliphatic heterocycles. The van der Waals surface area contributed by atoms with E-state index in [1.807, 2.05) is 0 Å². The van der Waals surface area contributed by atoms with Crippen LogP contribution in [0, 0.1) is 0 Å². The van der Waals surface area contributed by atoms with E-state index in [1.54, 1.807) is 24.3 Å². The molecule has 2 saturated heterocycles. The van der Waals surface area contributed by atoms with E-state index in [1.165, 1.54) is 11.0 Å². The van der Waals surface area contributed by atoms with Gasteiger partial charge in [0.25, 0.3) is 11.8 Å². The van der Waals surface area contributed by atoms with Crippen molar-refractivity contribution in [3.05, 3.63) is 64.6 Å². The molecular weight excluding hydrogens is 563 g/mol. The molecule has 2 aromatic carbocycles. The molecule has 0 spiro atoms. The van der Waals surface area contributed by atoms with Crippen LogP contribution in [0.25, 0.3) is 5.57 Å². The fourth-order valence-corrected chi connectivity index (χ4v) is 7.77. The molecule has 0 bridgehead atoms. The van der Waals surface area contributed by atoms with E-state index in [0.717, 1.165) is 34.9 Å². The summed E-state index contributed by atoms with van der Waals surface area (Å²) in [4.78, 5) is 42.1. The molecule has 3 amide bonds. The lowest BCUT2D eigenvalue weighted by molar-refractivity contribution is -0.137. The van der Waals surface area contributed by atoms with Crippen LogP contribution in [0.2, 0.25) is 0 Å². The summed E-state index contributed by atoms with van der Waals surface area (Å²) >= 11 is 6.26. The van der Waals surface area contributed by atoms with Crippen molar-refractivity contribution < 1.29 is 36.0 Å². The van der Waals surface area contributed by atoms with Crippen LogP contribution < -0.4 is 10.2 Å². The molecule has 2 aromatic rings. The Morgan fingerprint density at radius 3 is 2.53 bits per heavy atom. The van der Waals surface area contributed by atoms with Gasteiger partial charge in [-0.2, -0.15) is 13.2 Å². The zero-order valence-electron chi connectivity index (χ0n) is 19.3. The number of benzene rings is 2. The highest BCUT2D eigenvalue weighted by Crippen LogP contribution is 2.45. The maximum Gasteiger partial charge on any atom is 0.416 e. The lowest BCUT2D eigenvalue weighted by Gasteiger charge is -2.21. The van der Waals surface area contributed by atoms with Gasteiger partial charge in [-0.15, -0.1) is 0 Å². The first-order chi connectivity index (χ1) is 17.9. The minimum Gasteiger partial charge on any atom is -0.325 e. The molecule has 0 unspecified atom stereocenters. The number of halogens is 3. The standard InChI is InChI=1S/C24H18F3N3O5S3/c25-24(26,27)13-4-3-5-14(10-13)28-18(31)11-29-17-7-2-1-6-16(17)19(21(29)32)20-22(33)30(23(36)37-20)15-8-9-38(34,35)12-15/h1-7,10,15H,8-9,11-12H2,(H,28,31)/b20-19+/t15-/m1/s1. The van der Waals surface area contributed by atoms with E-state index in [4.69, 9.17) is 12.2 Å². The zero-order valence-corrected chi connectivity index (χ0v) is 21.8. The zero-order chi connectivity index (χ0) is 27.4. The van der Waals surface area contributed by atoms with E-state index in [0.29, 0.717) is 11.3 Å². The van der Waals surface area contributed by atoms with Crippen molar-refractivity contribution in [2.75, 3.05) is 28.3 Å². The number of carbonyl (C=O) groups is 3. The Morgan fingerprint density at radius 1 is 1.11 bits per heavy atom. The molecule has 1 N–H and O–H groups in total. The van der Waals surface area contributed by atoms with E-state index in [2.05, 4.69) is 5.32 Å². The van der Waals surface area contributed by atoms with E-state index >= 15 is 0 Å². The molecule has 2 fully saturated rings. The Hall–Kier alpha value is -3.23. The smallest absolute Gasteiger partial charge is 0.325 e. The van der Waals surface area contributed by atoms with E-state index < -0.39 is 51.9 Å². The third kappa shape index (κ3) is 4.83. The van der Waals surface area contributed by atoms with Gasteiger partial charge in [0.1, 0.15) is 10.9 Å². The fourth-order valence-electron chi connectivity index (χ4n) is 4.60. The monoisotopic (exact) mass is 581 g/mol. The lowest BCUT2D eigenvalue weighted by atomic mass is 10.1. The van der Waals surface area contributed by atoms with Gasteiger partial charge in [-0.3, -0.25) is 24.2 Å². The maximum atomic E-state index is 13.5. The Labute approximate surface area is 224 Å². The third-order valence-corrected chi connectivity index (χ3v) is 9.45. The van der Waals surface area contributed by atoms with Crippen molar-refractivity contribution in [2.24, 2.45) is 0 Å². The molecule has 14 heteroatoms. The molecule has 0 aliphatic carbocycles. The van der Waals surface area contributed by atoms with Crippen molar-refractivity contribution in [1.82, 2.24) is 4.90 Å². The first-order valence-corrected chi connectivity index (χ1v) is 14.3. The van der Waals surface area contributed by atoms with Crippen LogP contribution in [0.1, 0.15) is 17.5 Å². The average Bonchev–Trinajstić information content (AvgIpc) is 3.43. The second-order valence-electron chi connectivity index (χ2n) is 8.84. The highest BCUT2D eigenvalue weighted by atomic mass is 32.2. The van der Waals surface area contributed by atoms with Crippen molar-refractivity contribution in [1.29, 1.82) is 0 Å². The number of thiocarbonyl (C=S) groups is 1. The number of thioether (sulfide) groups is 1. The van der Waals surface area contributed by atoms with Crippen molar-refractivity contribution in [2.45, 2.75) is 18.6 Å². The van der Waals surface area contributed by atoms with Gasteiger partial charge in [-0.05, 0) is 30.7 Å². The summed E-state index contributed by atoms with van der Waals surface area (Å²) in [6, 6.07) is 9.99. The molecule has 5 rings (SSSR count). The third-order valence-electron chi connectivity index (χ3n) is 6.30. The summed E-state index contributed by atoms with van der Waals surface area (Å²) < 4.78 is 63.1. The van der Waals surface area contributed by atoms with Crippen LogP contribution in [-0.2, 0) is 30.4 Å². The summed E-state index contributed by atoms with van der Waals surface area (Å²) in [6.07, 6.45) is -4.35. The molecule has 198 valence electrons. The molecule has 0 radical (unpaired) electrons. The number of nitrogens with zero attached hydrogens (tertiary/aromatic N) is 2. The second kappa shape index (κ2) is 9.50. The number of alkyl halides is 3. The SMILES string of the molecule is O=C(CN1C(=O)/C(=C2/SC(=S)N([C@@H]3CCS(=O)(=O)C3)C2=O)c2ccccc21)Nc1cccc(C(F)(F)F)c1. The molecule has 0 saturated carbocycles.